The van der Waals surface area contributed by atoms with Gasteiger partial charge in [-0.15, -0.1) is 0 Å². The minimum Gasteiger partial charge on any atom is -0.463 e. The number of ether oxygens (including phenoxy) is 2. The van der Waals surface area contributed by atoms with Gasteiger partial charge >= 0.3 is 11.9 Å². The summed E-state index contributed by atoms with van der Waals surface area (Å²) in [5, 5.41) is 3.74. The van der Waals surface area contributed by atoms with E-state index in [-0.39, 0.29) is 13.2 Å². The Balaban J connectivity index is 2.05. The third-order valence-corrected chi connectivity index (χ3v) is 6.83. The summed E-state index contributed by atoms with van der Waals surface area (Å²) in [6.07, 6.45) is 1.74. The molecule has 1 aliphatic heterocycles. The van der Waals surface area contributed by atoms with Gasteiger partial charge in [0.1, 0.15) is 4.34 Å². The summed E-state index contributed by atoms with van der Waals surface area (Å²) in [5.74, 6) is -1.85. The topological polar surface area (TPSA) is 81.9 Å². The van der Waals surface area contributed by atoms with E-state index in [0.717, 1.165) is 5.56 Å². The van der Waals surface area contributed by atoms with Crippen molar-refractivity contribution in [1.82, 2.24) is 14.7 Å². The highest BCUT2D eigenvalue weighted by molar-refractivity contribution is 7.20. The molecular formula is C24H23Cl2N3O4S. The van der Waals surface area contributed by atoms with Crippen molar-refractivity contribution in [2.75, 3.05) is 13.2 Å². The number of carbonyl (C=O) groups excluding carboxylic acids is 2. The van der Waals surface area contributed by atoms with Crippen molar-refractivity contribution in [1.29, 1.82) is 0 Å². The van der Waals surface area contributed by atoms with Crippen LogP contribution in [0.15, 0.2) is 53.0 Å². The Hall–Kier alpha value is -2.81. The number of halogens is 2. The molecule has 7 nitrogen and oxygen atoms in total. The number of nitrogens with one attached hydrogen (secondary N) is 1. The van der Waals surface area contributed by atoms with Crippen LogP contribution < -0.4 is 5.32 Å². The number of imidazole rings is 1. The maximum Gasteiger partial charge on any atom is 0.336 e. The molecule has 0 radical (unpaired) electrons. The molecule has 0 bridgehead atoms. The van der Waals surface area contributed by atoms with E-state index in [1.54, 1.807) is 46.0 Å². The fourth-order valence-corrected chi connectivity index (χ4v) is 5.31. The maximum absolute atomic E-state index is 13.2. The van der Waals surface area contributed by atoms with Crippen LogP contribution >= 0.6 is 34.5 Å². The largest absolute Gasteiger partial charge is 0.463 e. The van der Waals surface area contributed by atoms with Crippen LogP contribution in [0.25, 0.3) is 16.2 Å². The summed E-state index contributed by atoms with van der Waals surface area (Å²) in [6, 6.07) is 7.23. The molecular weight excluding hydrogens is 497 g/mol. The van der Waals surface area contributed by atoms with Gasteiger partial charge in [-0.05, 0) is 39.8 Å². The molecule has 3 aromatic rings. The zero-order valence-corrected chi connectivity index (χ0v) is 21.4. The summed E-state index contributed by atoms with van der Waals surface area (Å²) in [6.45, 7) is 7.42. The first-order chi connectivity index (χ1) is 16.3. The molecule has 4 rings (SSSR count). The number of allylic oxidation sites excluding steroid dienone is 2. The van der Waals surface area contributed by atoms with Crippen LogP contribution in [0.1, 0.15) is 39.3 Å². The van der Waals surface area contributed by atoms with Gasteiger partial charge in [-0.1, -0.05) is 46.7 Å². The first kappa shape index (κ1) is 24.3. The van der Waals surface area contributed by atoms with E-state index in [1.165, 1.54) is 11.3 Å². The Morgan fingerprint density at radius 2 is 1.59 bits per heavy atom. The quantitative estimate of drug-likeness (QED) is 0.418. The third kappa shape index (κ3) is 4.33. The molecule has 0 aliphatic carbocycles. The van der Waals surface area contributed by atoms with Gasteiger partial charge in [0.15, 0.2) is 4.96 Å². The predicted octanol–water partition coefficient (Wildman–Crippen LogP) is 5.73. The first-order valence-electron chi connectivity index (χ1n) is 10.7. The average Bonchev–Trinajstić information content (AvgIpc) is 3.29. The lowest BCUT2D eigenvalue weighted by molar-refractivity contribution is -0.139. The minimum absolute atomic E-state index is 0.190. The van der Waals surface area contributed by atoms with Crippen LogP contribution in [0.5, 0.6) is 0 Å². The molecule has 0 fully saturated rings. The van der Waals surface area contributed by atoms with Crippen molar-refractivity contribution in [3.63, 3.8) is 0 Å². The second-order valence-electron chi connectivity index (χ2n) is 7.62. The maximum atomic E-state index is 13.2. The number of fused-ring (bicyclic) bond motifs is 1. The van der Waals surface area contributed by atoms with Gasteiger partial charge in [-0.2, -0.15) is 0 Å². The molecule has 1 aliphatic rings. The number of benzene rings is 1. The Bertz CT molecular complexity index is 1300. The summed E-state index contributed by atoms with van der Waals surface area (Å²) in [5.41, 5.74) is 3.82. The molecule has 0 spiro atoms. The molecule has 10 heteroatoms. The van der Waals surface area contributed by atoms with Gasteiger partial charge in [-0.3, -0.25) is 4.40 Å². The monoisotopic (exact) mass is 519 g/mol. The van der Waals surface area contributed by atoms with Crippen molar-refractivity contribution >= 4 is 51.4 Å². The number of rotatable bonds is 6. The SMILES string of the molecule is CCOC(=O)C1=C(C)NC(C)=C(C(=O)OCC)C1c1c(-c2ccc(Cl)cc2)nc2sc(Cl)cn12. The van der Waals surface area contributed by atoms with Crippen LogP contribution in [-0.2, 0) is 19.1 Å². The molecule has 2 aromatic heterocycles. The fourth-order valence-electron chi connectivity index (χ4n) is 4.16. The lowest BCUT2D eigenvalue weighted by atomic mass is 9.81. The lowest BCUT2D eigenvalue weighted by Crippen LogP contribution is -2.33. The minimum atomic E-state index is -0.800. The Morgan fingerprint density at radius 3 is 2.12 bits per heavy atom. The summed E-state index contributed by atoms with van der Waals surface area (Å²) < 4.78 is 13.2. The number of hydrogen-bond acceptors (Lipinski definition) is 7. The molecule has 1 N–H and O–H groups in total. The first-order valence-corrected chi connectivity index (χ1v) is 12.3. The van der Waals surface area contributed by atoms with Crippen molar-refractivity contribution in [2.45, 2.75) is 33.6 Å². The Labute approximate surface area is 211 Å². The van der Waals surface area contributed by atoms with E-state index in [9.17, 15) is 9.59 Å². The van der Waals surface area contributed by atoms with Gasteiger partial charge in [0.25, 0.3) is 0 Å². The smallest absolute Gasteiger partial charge is 0.336 e. The van der Waals surface area contributed by atoms with Gasteiger partial charge in [0, 0.05) is 28.2 Å². The number of carbonyl (C=O) groups is 2. The summed E-state index contributed by atoms with van der Waals surface area (Å²) in [7, 11) is 0. The van der Waals surface area contributed by atoms with Crippen LogP contribution in [0.3, 0.4) is 0 Å². The number of esters is 2. The highest BCUT2D eigenvalue weighted by atomic mass is 35.5. The molecule has 0 unspecified atom stereocenters. The van der Waals surface area contributed by atoms with Gasteiger partial charge in [-0.25, -0.2) is 14.6 Å². The molecule has 0 amide bonds. The standard InChI is InChI=1S/C24H23Cl2N3O4S/c1-5-32-22(30)17-12(3)27-13(4)18(23(31)33-6-2)19(17)21-20(14-7-9-15(25)10-8-14)28-24-29(21)11-16(26)34-24/h7-11,19,27H,5-6H2,1-4H3. The van der Waals surface area contributed by atoms with Gasteiger partial charge in [0.05, 0.1) is 41.7 Å². The van der Waals surface area contributed by atoms with Crippen molar-refractivity contribution in [3.05, 3.63) is 68.1 Å². The number of dihydropyridines is 1. The number of thiazole rings is 1. The second-order valence-corrected chi connectivity index (χ2v) is 9.69. The van der Waals surface area contributed by atoms with Crippen LogP contribution in [0, 0.1) is 0 Å². The molecule has 3 heterocycles. The highest BCUT2D eigenvalue weighted by Crippen LogP contribution is 2.44. The lowest BCUT2D eigenvalue weighted by Gasteiger charge is -2.30. The number of nitrogens with zero attached hydrogens (tertiary/aromatic N) is 2. The van der Waals surface area contributed by atoms with Crippen molar-refractivity contribution in [2.24, 2.45) is 0 Å². The van der Waals surface area contributed by atoms with Crippen molar-refractivity contribution < 1.29 is 19.1 Å². The Kier molecular flexibility index (Phi) is 7.02. The van der Waals surface area contributed by atoms with E-state index in [0.29, 0.717) is 48.2 Å². The predicted molar refractivity (Wildman–Crippen MR) is 133 cm³/mol. The zero-order valence-electron chi connectivity index (χ0n) is 19.1. The van der Waals surface area contributed by atoms with E-state index in [4.69, 9.17) is 37.7 Å². The molecule has 178 valence electrons. The third-order valence-electron chi connectivity index (χ3n) is 5.48. The van der Waals surface area contributed by atoms with Crippen molar-refractivity contribution in [3.8, 4) is 11.3 Å². The van der Waals surface area contributed by atoms with E-state index in [2.05, 4.69) is 5.32 Å². The van der Waals surface area contributed by atoms with Crippen LogP contribution in [0.2, 0.25) is 9.36 Å². The molecule has 34 heavy (non-hydrogen) atoms. The zero-order chi connectivity index (χ0) is 24.6. The van der Waals surface area contributed by atoms with Crippen LogP contribution in [-0.4, -0.2) is 34.5 Å². The van der Waals surface area contributed by atoms with Crippen LogP contribution in [0.4, 0.5) is 0 Å². The molecule has 1 aromatic carbocycles. The van der Waals surface area contributed by atoms with E-state index < -0.39 is 17.9 Å². The Morgan fingerprint density at radius 1 is 1.03 bits per heavy atom. The fraction of sp³-hybridized carbons (Fsp3) is 0.292. The number of aromatic nitrogens is 2. The van der Waals surface area contributed by atoms with Gasteiger partial charge < -0.3 is 14.8 Å². The highest BCUT2D eigenvalue weighted by Gasteiger charge is 2.41. The molecule has 0 saturated carbocycles. The van der Waals surface area contributed by atoms with E-state index >= 15 is 0 Å². The van der Waals surface area contributed by atoms with Gasteiger partial charge in [0.2, 0.25) is 0 Å². The summed E-state index contributed by atoms with van der Waals surface area (Å²) >= 11 is 13.7. The number of hydrogen-bond donors (Lipinski definition) is 1. The van der Waals surface area contributed by atoms with E-state index in [1.807, 2.05) is 16.5 Å². The summed E-state index contributed by atoms with van der Waals surface area (Å²) in [4.78, 5) is 31.9. The second kappa shape index (κ2) is 9.82. The molecule has 0 saturated heterocycles. The average molecular weight is 520 g/mol. The molecule has 0 atom stereocenters. The normalized spacial score (nSPS) is 14.5.